The predicted molar refractivity (Wildman–Crippen MR) is 106 cm³/mol. The number of hydrogen-bond acceptors (Lipinski definition) is 2. The Morgan fingerprint density at radius 2 is 1.69 bits per heavy atom. The van der Waals surface area contributed by atoms with Crippen LogP contribution < -0.4 is 0 Å². The molecule has 0 radical (unpaired) electrons. The normalized spacial score (nSPS) is 11.5. The molecule has 0 atom stereocenters. The second-order valence-electron chi connectivity index (χ2n) is 6.72. The Hall–Kier alpha value is -3.33. The van der Waals surface area contributed by atoms with Crippen LogP contribution in [0.25, 0.3) is 38.9 Å². The monoisotopic (exact) mass is 338 g/mol. The van der Waals surface area contributed by atoms with Crippen molar-refractivity contribution in [2.75, 3.05) is 0 Å². The number of benzene rings is 3. The molecule has 0 aliphatic rings. The highest BCUT2D eigenvalue weighted by Gasteiger charge is 2.13. The van der Waals surface area contributed by atoms with E-state index in [1.807, 2.05) is 35.1 Å². The number of nitrogens with zero attached hydrogens (tertiary/aromatic N) is 2. The topological polar surface area (TPSA) is 31.0 Å². The molecule has 0 N–H and O–H groups in total. The van der Waals surface area contributed by atoms with Gasteiger partial charge in [-0.05, 0) is 43.7 Å². The summed E-state index contributed by atoms with van der Waals surface area (Å²) in [6.45, 7) is 4.23. The molecule has 5 rings (SSSR count). The van der Waals surface area contributed by atoms with E-state index in [1.165, 1.54) is 16.7 Å². The molecule has 0 saturated carbocycles. The lowest BCUT2D eigenvalue weighted by Gasteiger charge is -2.05. The van der Waals surface area contributed by atoms with E-state index in [-0.39, 0.29) is 0 Å². The van der Waals surface area contributed by atoms with Crippen molar-refractivity contribution in [2.45, 2.75) is 13.8 Å². The molecule has 0 unspecified atom stereocenters. The van der Waals surface area contributed by atoms with Gasteiger partial charge in [0.15, 0.2) is 5.58 Å². The minimum absolute atomic E-state index is 0.865. The number of aryl methyl sites for hydroxylation is 2. The van der Waals surface area contributed by atoms with E-state index in [4.69, 9.17) is 9.52 Å². The zero-order valence-corrected chi connectivity index (χ0v) is 14.7. The van der Waals surface area contributed by atoms with Crippen molar-refractivity contribution in [3.8, 4) is 16.9 Å². The van der Waals surface area contributed by atoms with Crippen molar-refractivity contribution in [3.63, 3.8) is 0 Å². The number of furan rings is 1. The Kier molecular flexibility index (Phi) is 3.22. The average Bonchev–Trinajstić information content (AvgIpc) is 3.28. The van der Waals surface area contributed by atoms with Crippen LogP contribution in [-0.2, 0) is 0 Å². The molecule has 3 aromatic carbocycles. The summed E-state index contributed by atoms with van der Waals surface area (Å²) in [5.74, 6) is 0. The molecule has 3 heteroatoms. The first kappa shape index (κ1) is 15.0. The van der Waals surface area contributed by atoms with Crippen LogP contribution >= 0.6 is 0 Å². The zero-order chi connectivity index (χ0) is 17.7. The molecule has 3 nitrogen and oxygen atoms in total. The number of fused-ring (bicyclic) bond motifs is 3. The van der Waals surface area contributed by atoms with Crippen molar-refractivity contribution in [3.05, 3.63) is 84.1 Å². The van der Waals surface area contributed by atoms with Gasteiger partial charge in [-0.15, -0.1) is 0 Å². The lowest BCUT2D eigenvalue weighted by molar-refractivity contribution is 0.662. The second-order valence-corrected chi connectivity index (χ2v) is 6.72. The molecule has 0 spiro atoms. The maximum Gasteiger partial charge on any atom is 0.161 e. The van der Waals surface area contributed by atoms with Gasteiger partial charge in [0, 0.05) is 22.5 Å². The third-order valence-corrected chi connectivity index (χ3v) is 4.89. The van der Waals surface area contributed by atoms with E-state index in [0.717, 1.165) is 33.3 Å². The summed E-state index contributed by atoms with van der Waals surface area (Å²) in [7, 11) is 0. The molecule has 0 amide bonds. The Morgan fingerprint density at radius 1 is 0.846 bits per heavy atom. The predicted octanol–water partition coefficient (Wildman–Crippen LogP) is 6.06. The van der Waals surface area contributed by atoms with E-state index in [0.29, 0.717) is 0 Å². The Labute approximate surface area is 151 Å². The zero-order valence-electron chi connectivity index (χ0n) is 14.7. The van der Waals surface area contributed by atoms with Crippen molar-refractivity contribution >= 4 is 21.9 Å². The summed E-state index contributed by atoms with van der Waals surface area (Å²) < 4.78 is 8.04. The first-order valence-electron chi connectivity index (χ1n) is 8.75. The van der Waals surface area contributed by atoms with Crippen LogP contribution in [0.5, 0.6) is 0 Å². The van der Waals surface area contributed by atoms with E-state index in [9.17, 15) is 0 Å². The van der Waals surface area contributed by atoms with Crippen molar-refractivity contribution in [1.29, 1.82) is 0 Å². The van der Waals surface area contributed by atoms with Crippen LogP contribution in [0.4, 0.5) is 0 Å². The maximum atomic E-state index is 6.13. The highest BCUT2D eigenvalue weighted by atomic mass is 16.3. The number of rotatable bonds is 2. The second kappa shape index (κ2) is 5.60. The van der Waals surface area contributed by atoms with Gasteiger partial charge in [-0.3, -0.25) is 0 Å². The fourth-order valence-electron chi connectivity index (χ4n) is 3.53. The molecule has 26 heavy (non-hydrogen) atoms. The van der Waals surface area contributed by atoms with E-state index in [2.05, 4.69) is 56.3 Å². The van der Waals surface area contributed by atoms with Gasteiger partial charge in [0.05, 0.1) is 5.69 Å². The summed E-state index contributed by atoms with van der Waals surface area (Å²) in [5.41, 5.74) is 7.32. The lowest BCUT2D eigenvalue weighted by Crippen LogP contribution is -1.96. The Bertz CT molecular complexity index is 1260. The summed E-state index contributed by atoms with van der Waals surface area (Å²) in [6, 6.07) is 22.8. The minimum Gasteiger partial charge on any atom is -0.454 e. The smallest absolute Gasteiger partial charge is 0.161 e. The summed E-state index contributed by atoms with van der Waals surface area (Å²) >= 11 is 0. The molecule has 2 heterocycles. The molecular weight excluding hydrogens is 320 g/mol. The molecule has 0 aliphatic heterocycles. The molecule has 126 valence electrons. The lowest BCUT2D eigenvalue weighted by atomic mass is 10.0. The summed E-state index contributed by atoms with van der Waals surface area (Å²) in [5, 5.41) is 7.07. The third-order valence-electron chi connectivity index (χ3n) is 4.89. The van der Waals surface area contributed by atoms with Gasteiger partial charge in [0.1, 0.15) is 11.3 Å². The number of para-hydroxylation sites is 2. The molecule has 5 aromatic rings. The van der Waals surface area contributed by atoms with Crippen LogP contribution in [-0.4, -0.2) is 9.78 Å². The molecular formula is C23H18N2O. The molecule has 0 fully saturated rings. The van der Waals surface area contributed by atoms with Crippen molar-refractivity contribution < 1.29 is 4.42 Å². The van der Waals surface area contributed by atoms with Gasteiger partial charge < -0.3 is 4.42 Å². The molecule has 0 bridgehead atoms. The van der Waals surface area contributed by atoms with E-state index >= 15 is 0 Å². The Balaban J connectivity index is 1.70. The number of hydrogen-bond donors (Lipinski definition) is 0. The fraction of sp³-hybridized carbons (Fsp3) is 0.0870. The van der Waals surface area contributed by atoms with Gasteiger partial charge in [-0.2, -0.15) is 5.10 Å². The summed E-state index contributed by atoms with van der Waals surface area (Å²) in [4.78, 5) is 0. The third kappa shape index (κ3) is 2.25. The van der Waals surface area contributed by atoms with Crippen molar-refractivity contribution in [2.24, 2.45) is 0 Å². The Morgan fingerprint density at radius 3 is 2.62 bits per heavy atom. The van der Waals surface area contributed by atoms with Gasteiger partial charge in [-0.25, -0.2) is 4.68 Å². The number of aromatic nitrogens is 2. The first-order valence-corrected chi connectivity index (χ1v) is 8.75. The molecule has 0 aliphatic carbocycles. The fourth-order valence-corrected chi connectivity index (χ4v) is 3.53. The molecule has 2 aromatic heterocycles. The van der Waals surface area contributed by atoms with Crippen LogP contribution in [0.1, 0.15) is 11.1 Å². The van der Waals surface area contributed by atoms with Crippen molar-refractivity contribution in [1.82, 2.24) is 9.78 Å². The highest BCUT2D eigenvalue weighted by Crippen LogP contribution is 2.33. The standard InChI is InChI=1S/C23H18N2O/c1-15-10-11-16(2)19(14-15)20-12-13-25(24-20)21-8-5-7-18-17-6-3-4-9-22(17)26-23(18)21/h3-14H,1-2H3. The van der Waals surface area contributed by atoms with Gasteiger partial charge in [0.25, 0.3) is 0 Å². The van der Waals surface area contributed by atoms with Gasteiger partial charge in [-0.1, -0.05) is 48.0 Å². The largest absolute Gasteiger partial charge is 0.454 e. The van der Waals surface area contributed by atoms with E-state index < -0.39 is 0 Å². The van der Waals surface area contributed by atoms with Crippen LogP contribution in [0.3, 0.4) is 0 Å². The highest BCUT2D eigenvalue weighted by molar-refractivity contribution is 6.07. The van der Waals surface area contributed by atoms with Crippen LogP contribution in [0, 0.1) is 13.8 Å². The van der Waals surface area contributed by atoms with E-state index in [1.54, 1.807) is 0 Å². The van der Waals surface area contributed by atoms with Crippen LogP contribution in [0.15, 0.2) is 77.3 Å². The minimum atomic E-state index is 0.865. The summed E-state index contributed by atoms with van der Waals surface area (Å²) in [6.07, 6.45) is 2.00. The van der Waals surface area contributed by atoms with Gasteiger partial charge in [0.2, 0.25) is 0 Å². The quantitative estimate of drug-likeness (QED) is 0.392. The maximum absolute atomic E-state index is 6.13. The van der Waals surface area contributed by atoms with Crippen LogP contribution in [0.2, 0.25) is 0 Å². The first-order chi connectivity index (χ1) is 12.7. The molecule has 0 saturated heterocycles. The average molecular weight is 338 g/mol. The van der Waals surface area contributed by atoms with Gasteiger partial charge >= 0.3 is 0 Å². The SMILES string of the molecule is Cc1ccc(C)c(-c2ccn(-c3cccc4c3oc3ccccc34)n2)c1.